The largest absolute Gasteiger partial charge is 0.380 e. The Morgan fingerprint density at radius 2 is 2.07 bits per heavy atom. The van der Waals surface area contributed by atoms with Crippen molar-refractivity contribution in [2.75, 3.05) is 44.1 Å². The van der Waals surface area contributed by atoms with E-state index < -0.39 is 0 Å². The lowest BCUT2D eigenvalue weighted by Crippen LogP contribution is -2.19. The first-order valence-electron chi connectivity index (χ1n) is 9.82. The molecule has 0 atom stereocenters. The van der Waals surface area contributed by atoms with Gasteiger partial charge < -0.3 is 19.7 Å². The molecule has 0 saturated carbocycles. The van der Waals surface area contributed by atoms with Gasteiger partial charge in [-0.25, -0.2) is 9.97 Å². The maximum atomic E-state index is 5.53. The number of rotatable bonds is 10. The van der Waals surface area contributed by atoms with Crippen molar-refractivity contribution >= 4 is 28.6 Å². The highest BCUT2D eigenvalue weighted by Crippen LogP contribution is 2.28. The Labute approximate surface area is 171 Å². The van der Waals surface area contributed by atoms with Crippen molar-refractivity contribution in [1.29, 1.82) is 0 Å². The monoisotopic (exact) mass is 399 g/mol. The van der Waals surface area contributed by atoms with Crippen molar-refractivity contribution in [2.24, 2.45) is 0 Å². The van der Waals surface area contributed by atoms with Gasteiger partial charge in [0.25, 0.3) is 0 Å². The highest BCUT2D eigenvalue weighted by molar-refractivity contribution is 5.90. The van der Waals surface area contributed by atoms with Crippen molar-refractivity contribution < 1.29 is 9.47 Å². The van der Waals surface area contributed by atoms with Crippen molar-refractivity contribution in [3.63, 3.8) is 0 Å². The minimum absolute atomic E-state index is 0.368. The third kappa shape index (κ3) is 4.80. The van der Waals surface area contributed by atoms with Crippen LogP contribution in [0, 0.1) is 6.92 Å². The molecule has 3 rings (SSSR count). The number of fused-ring (bicyclic) bond motifs is 1. The van der Waals surface area contributed by atoms with Gasteiger partial charge in [-0.3, -0.25) is 4.68 Å². The molecule has 0 saturated heterocycles. The smallest absolute Gasteiger partial charge is 0.227 e. The Morgan fingerprint density at radius 3 is 2.76 bits per heavy atom. The number of methoxy groups -OCH3 is 1. The van der Waals surface area contributed by atoms with Crippen molar-refractivity contribution in [3.05, 3.63) is 29.6 Å². The summed E-state index contributed by atoms with van der Waals surface area (Å²) in [5.74, 6) is 2.01. The first kappa shape index (κ1) is 20.9. The van der Waals surface area contributed by atoms with Crippen LogP contribution < -0.4 is 10.2 Å². The standard InChI is InChI=1S/C20H29N7O2/c1-6-26(4)20-23-17-15(13-28-5)25-27(10-11-29-7-2)18(17)19(24-20)22-16-12-14(3)8-9-21-16/h8-9,12H,6-7,10-11,13H2,1-5H3,(H,21,22,23,24). The highest BCUT2D eigenvalue weighted by Gasteiger charge is 2.20. The van der Waals surface area contributed by atoms with Crippen LogP contribution in [-0.4, -0.2) is 58.6 Å². The predicted octanol–water partition coefficient (Wildman–Crippen LogP) is 2.91. The third-order valence-electron chi connectivity index (χ3n) is 4.56. The summed E-state index contributed by atoms with van der Waals surface area (Å²) >= 11 is 0. The molecule has 0 unspecified atom stereocenters. The first-order valence-corrected chi connectivity index (χ1v) is 9.82. The van der Waals surface area contributed by atoms with E-state index in [1.165, 1.54) is 0 Å². The van der Waals surface area contributed by atoms with Gasteiger partial charge in [-0.15, -0.1) is 0 Å². The third-order valence-corrected chi connectivity index (χ3v) is 4.56. The average molecular weight is 399 g/mol. The van der Waals surface area contributed by atoms with Gasteiger partial charge in [0.05, 0.1) is 19.8 Å². The van der Waals surface area contributed by atoms with Crippen LogP contribution in [0.4, 0.5) is 17.6 Å². The van der Waals surface area contributed by atoms with E-state index in [1.807, 2.05) is 42.6 Å². The summed E-state index contributed by atoms with van der Waals surface area (Å²) in [6, 6.07) is 3.94. The summed E-state index contributed by atoms with van der Waals surface area (Å²) in [5.41, 5.74) is 3.47. The Kier molecular flexibility index (Phi) is 6.95. The second kappa shape index (κ2) is 9.62. The van der Waals surface area contributed by atoms with Crippen LogP contribution in [0.2, 0.25) is 0 Å². The van der Waals surface area contributed by atoms with Crippen LogP contribution >= 0.6 is 0 Å². The number of aromatic nitrogens is 5. The number of nitrogens with one attached hydrogen (secondary N) is 1. The zero-order valence-corrected chi connectivity index (χ0v) is 17.8. The molecule has 9 nitrogen and oxygen atoms in total. The Bertz CT molecular complexity index is 957. The first-order chi connectivity index (χ1) is 14.1. The quantitative estimate of drug-likeness (QED) is 0.521. The molecule has 29 heavy (non-hydrogen) atoms. The molecule has 0 amide bonds. The van der Waals surface area contributed by atoms with Gasteiger partial charge in [0.15, 0.2) is 5.82 Å². The molecule has 3 heterocycles. The lowest BCUT2D eigenvalue weighted by molar-refractivity contribution is 0.136. The summed E-state index contributed by atoms with van der Waals surface area (Å²) in [5, 5.41) is 8.09. The highest BCUT2D eigenvalue weighted by atomic mass is 16.5. The maximum absolute atomic E-state index is 5.53. The van der Waals surface area contributed by atoms with E-state index >= 15 is 0 Å². The van der Waals surface area contributed by atoms with E-state index in [9.17, 15) is 0 Å². The molecule has 156 valence electrons. The van der Waals surface area contributed by atoms with Crippen LogP contribution in [0.15, 0.2) is 18.3 Å². The molecule has 0 aliphatic rings. The van der Waals surface area contributed by atoms with Gasteiger partial charge >= 0.3 is 0 Å². The lowest BCUT2D eigenvalue weighted by atomic mass is 10.3. The van der Waals surface area contributed by atoms with Gasteiger partial charge in [-0.2, -0.15) is 10.1 Å². The van der Waals surface area contributed by atoms with Gasteiger partial charge in [0, 0.05) is 33.5 Å². The molecule has 9 heteroatoms. The van der Waals surface area contributed by atoms with E-state index in [1.54, 1.807) is 13.3 Å². The van der Waals surface area contributed by atoms with Crippen LogP contribution in [-0.2, 0) is 22.6 Å². The molecule has 0 aromatic carbocycles. The SMILES string of the molecule is CCOCCn1nc(COC)c2nc(N(C)CC)nc(Nc3cc(C)ccn3)c21. The topological polar surface area (TPSA) is 90.2 Å². The molecule has 0 bridgehead atoms. The minimum atomic E-state index is 0.368. The van der Waals surface area contributed by atoms with E-state index in [0.717, 1.165) is 34.7 Å². The van der Waals surface area contributed by atoms with Gasteiger partial charge in [0.2, 0.25) is 5.95 Å². The number of hydrogen-bond donors (Lipinski definition) is 1. The molecule has 0 radical (unpaired) electrons. The molecule has 3 aromatic rings. The number of pyridine rings is 1. The summed E-state index contributed by atoms with van der Waals surface area (Å²) in [6.07, 6.45) is 1.78. The molecular weight excluding hydrogens is 370 g/mol. The number of ether oxygens (including phenoxy) is 2. The second-order valence-electron chi connectivity index (χ2n) is 6.73. The number of nitrogens with zero attached hydrogens (tertiary/aromatic N) is 6. The van der Waals surface area contributed by atoms with Crippen LogP contribution in [0.3, 0.4) is 0 Å². The normalized spacial score (nSPS) is 11.2. The zero-order valence-electron chi connectivity index (χ0n) is 17.8. The van der Waals surface area contributed by atoms with Crippen LogP contribution in [0.1, 0.15) is 25.1 Å². The Balaban J connectivity index is 2.15. The van der Waals surface area contributed by atoms with Gasteiger partial charge in [0.1, 0.15) is 22.5 Å². The van der Waals surface area contributed by atoms with Crippen LogP contribution in [0.25, 0.3) is 11.0 Å². The average Bonchev–Trinajstić information content (AvgIpc) is 3.06. The molecular formula is C20H29N7O2. The van der Waals surface area contributed by atoms with Gasteiger partial charge in [-0.05, 0) is 38.5 Å². The Hall–Kier alpha value is -2.78. The second-order valence-corrected chi connectivity index (χ2v) is 6.73. The number of aryl methyl sites for hydroxylation is 1. The van der Waals surface area contributed by atoms with E-state index in [0.29, 0.717) is 38.1 Å². The molecule has 0 spiro atoms. The summed E-state index contributed by atoms with van der Waals surface area (Å²) in [7, 11) is 3.62. The van der Waals surface area contributed by atoms with Crippen LogP contribution in [0.5, 0.6) is 0 Å². The van der Waals surface area contributed by atoms with Crippen molar-refractivity contribution in [1.82, 2.24) is 24.7 Å². The Morgan fingerprint density at radius 1 is 1.24 bits per heavy atom. The maximum Gasteiger partial charge on any atom is 0.227 e. The van der Waals surface area contributed by atoms with E-state index in [2.05, 4.69) is 17.2 Å². The molecule has 1 N–H and O–H groups in total. The van der Waals surface area contributed by atoms with Crippen molar-refractivity contribution in [2.45, 2.75) is 33.9 Å². The number of hydrogen-bond acceptors (Lipinski definition) is 8. The minimum Gasteiger partial charge on any atom is -0.380 e. The molecule has 0 aliphatic heterocycles. The van der Waals surface area contributed by atoms with E-state index in [-0.39, 0.29) is 0 Å². The fourth-order valence-corrected chi connectivity index (χ4v) is 2.95. The summed E-state index contributed by atoms with van der Waals surface area (Å²) in [6.45, 7) is 9.02. The zero-order chi connectivity index (χ0) is 20.8. The fraction of sp³-hybridized carbons (Fsp3) is 0.500. The predicted molar refractivity (Wildman–Crippen MR) is 114 cm³/mol. The van der Waals surface area contributed by atoms with E-state index in [4.69, 9.17) is 24.5 Å². The molecule has 0 fully saturated rings. The number of anilines is 3. The molecule has 3 aromatic heterocycles. The fourth-order valence-electron chi connectivity index (χ4n) is 2.95. The van der Waals surface area contributed by atoms with Gasteiger partial charge in [-0.1, -0.05) is 0 Å². The molecule has 0 aliphatic carbocycles. The summed E-state index contributed by atoms with van der Waals surface area (Å²) < 4.78 is 12.8. The lowest BCUT2D eigenvalue weighted by Gasteiger charge is -2.17. The van der Waals surface area contributed by atoms with Crippen molar-refractivity contribution in [3.8, 4) is 0 Å². The summed E-state index contributed by atoms with van der Waals surface area (Å²) in [4.78, 5) is 16.0.